The van der Waals surface area contributed by atoms with Gasteiger partial charge in [0.2, 0.25) is 0 Å². The highest BCUT2D eigenvalue weighted by atomic mass is 31.2. The molecule has 1 aliphatic rings. The summed E-state index contributed by atoms with van der Waals surface area (Å²) in [5, 5.41) is 9.75. The van der Waals surface area contributed by atoms with Crippen molar-refractivity contribution in [3.63, 3.8) is 0 Å². The molecule has 60 heavy (non-hydrogen) atoms. The Morgan fingerprint density at radius 1 is 0.617 bits per heavy atom. The van der Waals surface area contributed by atoms with Crippen LogP contribution < -0.4 is 0 Å². The Morgan fingerprint density at radius 2 is 1.13 bits per heavy atom. The van der Waals surface area contributed by atoms with Crippen LogP contribution in [-0.4, -0.2) is 82.6 Å². The van der Waals surface area contributed by atoms with Crippen molar-refractivity contribution in [3.8, 4) is 0 Å². The minimum absolute atomic E-state index is 0.0512. The maximum Gasteiger partial charge on any atom is 0.472 e. The quantitative estimate of drug-likeness (QED) is 0.0148. The first kappa shape index (κ1) is 56.3. The fourth-order valence-corrected chi connectivity index (χ4v) is 7.43. The van der Waals surface area contributed by atoms with Crippen LogP contribution in [0, 0.1) is 5.92 Å². The van der Waals surface area contributed by atoms with Crippen LogP contribution in [0.15, 0.2) is 36.5 Å². The summed E-state index contributed by atoms with van der Waals surface area (Å²) in [5.74, 6) is -0.307. The lowest BCUT2D eigenvalue weighted by Gasteiger charge is -2.20. The third-order valence-corrected chi connectivity index (χ3v) is 11.3. The molecule has 5 atom stereocenters. The number of hydrogen-bond acceptors (Lipinski definition) is 11. The van der Waals surface area contributed by atoms with E-state index in [0.29, 0.717) is 31.5 Å². The summed E-state index contributed by atoms with van der Waals surface area (Å²) in [4.78, 5) is 52.7. The molecule has 0 amide bonds. The molecule has 0 saturated carbocycles. The maximum absolute atomic E-state index is 12.7. The average Bonchev–Trinajstić information content (AvgIpc) is 3.95. The van der Waals surface area contributed by atoms with E-state index in [4.69, 9.17) is 28.5 Å². The fraction of sp³-hybridized carbons (Fsp3) is 0.818. The van der Waals surface area contributed by atoms with E-state index in [-0.39, 0.29) is 12.8 Å². The van der Waals surface area contributed by atoms with Gasteiger partial charge in [0.1, 0.15) is 12.7 Å². The highest BCUT2D eigenvalue weighted by molar-refractivity contribution is 7.47. The Labute approximate surface area is 361 Å². The molecule has 1 saturated heterocycles. The number of epoxide rings is 1. The number of carbonyl (C=O) groups is 2. The van der Waals surface area contributed by atoms with Gasteiger partial charge in [-0.15, -0.1) is 0 Å². The Balaban J connectivity index is 2.39. The summed E-state index contributed by atoms with van der Waals surface area (Å²) in [6.07, 6.45) is 34.6. The van der Waals surface area contributed by atoms with Gasteiger partial charge in [-0.25, -0.2) is 9.13 Å². The number of carbonyl (C=O) groups excluding carboxylic acids is 2. The predicted molar refractivity (Wildman–Crippen MR) is 234 cm³/mol. The Morgan fingerprint density at radius 3 is 1.75 bits per heavy atom. The molecule has 0 spiro atoms. The number of hydrogen-bond donors (Lipinski definition) is 4. The van der Waals surface area contributed by atoms with Crippen LogP contribution in [0.1, 0.15) is 175 Å². The Hall–Kier alpha value is -1.70. The molecule has 1 rings (SSSR count). The Kier molecular flexibility index (Phi) is 33.5. The molecule has 14 nitrogen and oxygen atoms in total. The van der Waals surface area contributed by atoms with Crippen molar-refractivity contribution in [3.05, 3.63) is 36.5 Å². The first-order chi connectivity index (χ1) is 28.7. The lowest BCUT2D eigenvalue weighted by molar-refractivity contribution is -0.161. The number of ether oxygens (including phenoxy) is 3. The zero-order valence-electron chi connectivity index (χ0n) is 36.9. The number of unbranched alkanes of at least 4 members (excludes halogenated alkanes) is 15. The highest BCUT2D eigenvalue weighted by Crippen LogP contribution is 2.44. The monoisotopic (exact) mass is 895 g/mol. The minimum atomic E-state index is -4.87. The second-order valence-corrected chi connectivity index (χ2v) is 18.9. The molecule has 0 aromatic heterocycles. The van der Waals surface area contributed by atoms with E-state index < -0.39 is 66.2 Å². The van der Waals surface area contributed by atoms with Crippen LogP contribution in [0.5, 0.6) is 0 Å². The van der Waals surface area contributed by atoms with Gasteiger partial charge < -0.3 is 34.0 Å². The Bertz CT molecular complexity index is 1280. The molecule has 3 unspecified atom stereocenters. The molecule has 0 aromatic carbocycles. The van der Waals surface area contributed by atoms with Gasteiger partial charge in [0, 0.05) is 12.8 Å². The smallest absolute Gasteiger partial charge is 0.462 e. The molecule has 1 heterocycles. The highest BCUT2D eigenvalue weighted by Gasteiger charge is 2.36. The first-order valence-electron chi connectivity index (χ1n) is 22.7. The molecule has 16 heteroatoms. The summed E-state index contributed by atoms with van der Waals surface area (Å²) >= 11 is 0. The minimum Gasteiger partial charge on any atom is -0.462 e. The van der Waals surface area contributed by atoms with Crippen molar-refractivity contribution in [2.45, 2.75) is 199 Å². The number of allylic oxidation sites excluding steroid dienone is 4. The summed E-state index contributed by atoms with van der Waals surface area (Å²) in [6, 6.07) is 0. The van der Waals surface area contributed by atoms with Crippen LogP contribution in [0.2, 0.25) is 0 Å². The number of phosphoric acid groups is 2. The molecule has 4 N–H and O–H groups in total. The van der Waals surface area contributed by atoms with Crippen LogP contribution in [0.25, 0.3) is 0 Å². The number of esters is 2. The molecule has 1 fully saturated rings. The molecule has 1 aliphatic heterocycles. The molecule has 0 aliphatic carbocycles. The van der Waals surface area contributed by atoms with Crippen LogP contribution in [0.4, 0.5) is 0 Å². The van der Waals surface area contributed by atoms with E-state index in [2.05, 4.69) is 54.1 Å². The van der Waals surface area contributed by atoms with Crippen molar-refractivity contribution in [2.24, 2.45) is 5.92 Å². The van der Waals surface area contributed by atoms with Crippen molar-refractivity contribution in [1.82, 2.24) is 0 Å². The molecule has 0 aromatic rings. The second-order valence-electron chi connectivity index (χ2n) is 16.2. The zero-order chi connectivity index (χ0) is 44.3. The average molecular weight is 895 g/mol. The first-order valence-corrected chi connectivity index (χ1v) is 25.7. The zero-order valence-corrected chi connectivity index (χ0v) is 38.7. The molecule has 0 radical (unpaired) electrons. The van der Waals surface area contributed by atoms with Crippen molar-refractivity contribution < 1.29 is 66.3 Å². The second kappa shape index (κ2) is 35.7. The number of aliphatic hydroxyl groups is 1. The lowest BCUT2D eigenvalue weighted by Crippen LogP contribution is -2.29. The topological polar surface area (TPSA) is 208 Å². The van der Waals surface area contributed by atoms with Crippen LogP contribution in [0.3, 0.4) is 0 Å². The number of phosphoric ester groups is 2. The normalized spacial score (nSPS) is 17.8. The van der Waals surface area contributed by atoms with Crippen molar-refractivity contribution >= 4 is 27.6 Å². The molecule has 0 bridgehead atoms. The van der Waals surface area contributed by atoms with E-state index in [0.717, 1.165) is 50.9 Å². The lowest BCUT2D eigenvalue weighted by atomic mass is 10.0. The molecule has 350 valence electrons. The summed E-state index contributed by atoms with van der Waals surface area (Å²) in [6.45, 7) is 3.98. The van der Waals surface area contributed by atoms with Crippen LogP contribution >= 0.6 is 15.6 Å². The van der Waals surface area contributed by atoms with Gasteiger partial charge in [-0.2, -0.15) is 0 Å². The predicted octanol–water partition coefficient (Wildman–Crippen LogP) is 10.5. The molecular formula is C44H80O14P2. The maximum atomic E-state index is 12.7. The third-order valence-electron chi connectivity index (χ3n) is 9.85. The van der Waals surface area contributed by atoms with E-state index in [1.165, 1.54) is 77.0 Å². The number of aliphatic hydroxyl groups excluding tert-OH is 1. The van der Waals surface area contributed by atoms with Gasteiger partial charge in [0.25, 0.3) is 0 Å². The molecular weight excluding hydrogens is 814 g/mol. The van der Waals surface area contributed by atoms with Gasteiger partial charge in [-0.05, 0) is 57.3 Å². The van der Waals surface area contributed by atoms with E-state index in [1.54, 1.807) is 0 Å². The summed E-state index contributed by atoms with van der Waals surface area (Å²) in [7, 11) is -9.70. The fourth-order valence-electron chi connectivity index (χ4n) is 6.27. The van der Waals surface area contributed by atoms with Gasteiger partial charge in [0.05, 0.1) is 32.0 Å². The van der Waals surface area contributed by atoms with E-state index in [1.807, 2.05) is 12.2 Å². The van der Waals surface area contributed by atoms with Gasteiger partial charge in [-0.1, -0.05) is 147 Å². The third kappa shape index (κ3) is 36.9. The van der Waals surface area contributed by atoms with E-state index in [9.17, 15) is 28.7 Å². The van der Waals surface area contributed by atoms with Gasteiger partial charge in [-0.3, -0.25) is 23.2 Å². The standard InChI is InChI=1S/C44H80O14P2/c1-4-5-6-7-20-25-30-41-42(58-41)31-26-21-16-14-18-23-28-33-44(47)57-40(37-56-60(51,52)55-35-39(45)34-54-59(48,49)50)36-53-43(46)32-27-22-17-13-11-9-8-10-12-15-19-24-29-38(2)3/h14,18,20-21,25-26,38-42,45H,4-13,15-17,19,22-24,27-37H2,1-3H3,(H,51,52)(H2,48,49,50)/b18-14-,25-20-,26-21-/t39-,40+,41?,42?/m0/s1. The SMILES string of the molecule is CCCCC/C=C\CC1OC1C/C=C\C/C=C\CCCC(=O)O[C@H](COC(=O)CCCCCCCCCCCCCCC(C)C)COP(=O)(O)OC[C@@H](O)COP(=O)(O)O. The van der Waals surface area contributed by atoms with E-state index >= 15 is 0 Å². The number of rotatable bonds is 41. The van der Waals surface area contributed by atoms with Crippen LogP contribution in [-0.2, 0) is 46.5 Å². The van der Waals surface area contributed by atoms with Gasteiger partial charge in [0.15, 0.2) is 6.10 Å². The largest absolute Gasteiger partial charge is 0.472 e. The van der Waals surface area contributed by atoms with Crippen molar-refractivity contribution in [2.75, 3.05) is 26.4 Å². The van der Waals surface area contributed by atoms with Gasteiger partial charge >= 0.3 is 27.6 Å². The summed E-state index contributed by atoms with van der Waals surface area (Å²) < 4.78 is 53.5. The van der Waals surface area contributed by atoms with Crippen molar-refractivity contribution in [1.29, 1.82) is 0 Å². The summed E-state index contributed by atoms with van der Waals surface area (Å²) in [5.41, 5.74) is 0.